The van der Waals surface area contributed by atoms with Crippen LogP contribution in [0.5, 0.6) is 11.5 Å². The SMILES string of the molecule is CCCc1ccc(-c2ccc(-c3ccc(COc4ccc(OCC)cc4F)cc3)c(F)c2F)cc1. The van der Waals surface area contributed by atoms with Crippen LogP contribution in [-0.2, 0) is 13.0 Å². The zero-order valence-corrected chi connectivity index (χ0v) is 19.8. The molecule has 0 amide bonds. The van der Waals surface area contributed by atoms with Gasteiger partial charge in [0, 0.05) is 17.2 Å². The highest BCUT2D eigenvalue weighted by Crippen LogP contribution is 2.32. The smallest absolute Gasteiger partial charge is 0.168 e. The van der Waals surface area contributed by atoms with Crippen LogP contribution < -0.4 is 9.47 Å². The number of halogens is 3. The summed E-state index contributed by atoms with van der Waals surface area (Å²) in [5.74, 6) is -1.71. The minimum Gasteiger partial charge on any atom is -0.494 e. The zero-order chi connectivity index (χ0) is 24.8. The summed E-state index contributed by atoms with van der Waals surface area (Å²) in [5, 5.41) is 0. The molecule has 180 valence electrons. The first-order valence-corrected chi connectivity index (χ1v) is 11.7. The molecule has 0 radical (unpaired) electrons. The second kappa shape index (κ2) is 11.1. The summed E-state index contributed by atoms with van der Waals surface area (Å²) >= 11 is 0. The summed E-state index contributed by atoms with van der Waals surface area (Å²) in [6.45, 7) is 4.51. The predicted molar refractivity (Wildman–Crippen MR) is 133 cm³/mol. The monoisotopic (exact) mass is 476 g/mol. The van der Waals surface area contributed by atoms with Crippen molar-refractivity contribution in [3.05, 3.63) is 107 Å². The van der Waals surface area contributed by atoms with Gasteiger partial charge in [-0.05, 0) is 47.7 Å². The molecule has 0 aliphatic carbocycles. The maximum absolute atomic E-state index is 15.0. The first-order valence-electron chi connectivity index (χ1n) is 11.7. The molecule has 4 aromatic rings. The van der Waals surface area contributed by atoms with Crippen molar-refractivity contribution >= 4 is 0 Å². The molecular weight excluding hydrogens is 449 g/mol. The maximum Gasteiger partial charge on any atom is 0.168 e. The van der Waals surface area contributed by atoms with Gasteiger partial charge >= 0.3 is 0 Å². The van der Waals surface area contributed by atoms with Crippen LogP contribution in [0.25, 0.3) is 22.3 Å². The zero-order valence-electron chi connectivity index (χ0n) is 19.8. The van der Waals surface area contributed by atoms with Gasteiger partial charge in [-0.1, -0.05) is 74.0 Å². The summed E-state index contributed by atoms with van der Waals surface area (Å²) in [6.07, 6.45) is 1.98. The van der Waals surface area contributed by atoms with Gasteiger partial charge in [0.25, 0.3) is 0 Å². The molecule has 5 heteroatoms. The Balaban J connectivity index is 1.47. The van der Waals surface area contributed by atoms with Crippen LogP contribution in [-0.4, -0.2) is 6.61 Å². The Labute approximate surface area is 204 Å². The van der Waals surface area contributed by atoms with Crippen LogP contribution in [0, 0.1) is 17.5 Å². The quantitative estimate of drug-likeness (QED) is 0.242. The third-order valence-electron chi connectivity index (χ3n) is 5.76. The van der Waals surface area contributed by atoms with Gasteiger partial charge in [0.1, 0.15) is 12.4 Å². The van der Waals surface area contributed by atoms with E-state index in [-0.39, 0.29) is 23.5 Å². The molecule has 35 heavy (non-hydrogen) atoms. The van der Waals surface area contributed by atoms with Gasteiger partial charge in [0.15, 0.2) is 23.2 Å². The number of hydrogen-bond donors (Lipinski definition) is 0. The predicted octanol–water partition coefficient (Wildman–Crippen LogP) is 8.37. The van der Waals surface area contributed by atoms with Crippen molar-refractivity contribution in [1.29, 1.82) is 0 Å². The molecule has 0 unspecified atom stereocenters. The Bertz CT molecular complexity index is 1280. The Kier molecular flexibility index (Phi) is 7.76. The van der Waals surface area contributed by atoms with Gasteiger partial charge in [-0.2, -0.15) is 0 Å². The molecule has 0 aliphatic rings. The lowest BCUT2D eigenvalue weighted by Crippen LogP contribution is -1.99. The topological polar surface area (TPSA) is 18.5 Å². The molecule has 0 atom stereocenters. The number of benzene rings is 4. The van der Waals surface area contributed by atoms with Crippen molar-refractivity contribution in [2.24, 2.45) is 0 Å². The van der Waals surface area contributed by atoms with E-state index in [9.17, 15) is 13.2 Å². The van der Waals surface area contributed by atoms with E-state index in [0.29, 0.717) is 23.5 Å². The lowest BCUT2D eigenvalue weighted by atomic mass is 9.97. The third kappa shape index (κ3) is 5.68. The third-order valence-corrected chi connectivity index (χ3v) is 5.76. The molecule has 0 spiro atoms. The fourth-order valence-electron chi connectivity index (χ4n) is 3.93. The summed E-state index contributed by atoms with van der Waals surface area (Å²) in [5.41, 5.74) is 3.54. The van der Waals surface area contributed by atoms with E-state index in [2.05, 4.69) is 6.92 Å². The Hall–Kier alpha value is -3.73. The van der Waals surface area contributed by atoms with Gasteiger partial charge in [0.05, 0.1) is 6.61 Å². The number of hydrogen-bond acceptors (Lipinski definition) is 2. The minimum absolute atomic E-state index is 0.115. The number of aryl methyl sites for hydroxylation is 1. The van der Waals surface area contributed by atoms with Gasteiger partial charge in [0.2, 0.25) is 0 Å². The van der Waals surface area contributed by atoms with Crippen LogP contribution in [0.1, 0.15) is 31.4 Å². The summed E-state index contributed by atoms with van der Waals surface area (Å²) in [4.78, 5) is 0. The highest BCUT2D eigenvalue weighted by atomic mass is 19.2. The van der Waals surface area contributed by atoms with E-state index >= 15 is 0 Å². The van der Waals surface area contributed by atoms with Crippen LogP contribution in [0.3, 0.4) is 0 Å². The highest BCUT2D eigenvalue weighted by Gasteiger charge is 2.16. The Morgan fingerprint density at radius 1 is 0.629 bits per heavy atom. The standard InChI is InChI=1S/C30H27F3O2/c1-3-5-20-6-10-22(11-7-20)25-15-16-26(30(33)29(25)32)23-12-8-21(9-13-23)19-35-28-17-14-24(34-4-2)18-27(28)31/h6-18H,3-5,19H2,1-2H3. The Morgan fingerprint density at radius 2 is 1.20 bits per heavy atom. The first-order chi connectivity index (χ1) is 17.0. The molecule has 0 saturated carbocycles. The van der Waals surface area contributed by atoms with E-state index in [4.69, 9.17) is 9.47 Å². The minimum atomic E-state index is -0.888. The molecule has 0 heterocycles. The van der Waals surface area contributed by atoms with Crippen LogP contribution in [0.4, 0.5) is 13.2 Å². The molecule has 4 rings (SSSR count). The molecule has 0 saturated heterocycles. The molecule has 0 N–H and O–H groups in total. The van der Waals surface area contributed by atoms with Gasteiger partial charge in [-0.15, -0.1) is 0 Å². The molecule has 0 aliphatic heterocycles. The average molecular weight is 477 g/mol. The molecular formula is C30H27F3O2. The van der Waals surface area contributed by atoms with Crippen molar-refractivity contribution in [3.8, 4) is 33.8 Å². The van der Waals surface area contributed by atoms with E-state index in [1.165, 1.54) is 17.7 Å². The summed E-state index contributed by atoms with van der Waals surface area (Å²) < 4.78 is 54.9. The van der Waals surface area contributed by atoms with Gasteiger partial charge < -0.3 is 9.47 Å². The van der Waals surface area contributed by atoms with Crippen molar-refractivity contribution in [1.82, 2.24) is 0 Å². The Morgan fingerprint density at radius 3 is 1.71 bits per heavy atom. The molecule has 2 nitrogen and oxygen atoms in total. The summed E-state index contributed by atoms with van der Waals surface area (Å²) in [6, 6.07) is 22.1. The van der Waals surface area contributed by atoms with E-state index in [1.54, 1.807) is 42.5 Å². The van der Waals surface area contributed by atoms with E-state index < -0.39 is 17.5 Å². The fourth-order valence-corrected chi connectivity index (χ4v) is 3.93. The molecule has 4 aromatic carbocycles. The van der Waals surface area contributed by atoms with Crippen molar-refractivity contribution in [3.63, 3.8) is 0 Å². The van der Waals surface area contributed by atoms with E-state index in [1.807, 2.05) is 31.2 Å². The van der Waals surface area contributed by atoms with Crippen LogP contribution >= 0.6 is 0 Å². The molecule has 0 fully saturated rings. The lowest BCUT2D eigenvalue weighted by molar-refractivity contribution is 0.287. The first kappa shape index (κ1) is 24.4. The van der Waals surface area contributed by atoms with Crippen LogP contribution in [0.2, 0.25) is 0 Å². The highest BCUT2D eigenvalue weighted by molar-refractivity contribution is 5.72. The second-order valence-electron chi connectivity index (χ2n) is 8.25. The summed E-state index contributed by atoms with van der Waals surface area (Å²) in [7, 11) is 0. The average Bonchev–Trinajstić information content (AvgIpc) is 2.87. The van der Waals surface area contributed by atoms with Crippen molar-refractivity contribution in [2.45, 2.75) is 33.3 Å². The van der Waals surface area contributed by atoms with Gasteiger partial charge in [-0.25, -0.2) is 13.2 Å². The van der Waals surface area contributed by atoms with Gasteiger partial charge in [-0.3, -0.25) is 0 Å². The fraction of sp³-hybridized carbons (Fsp3) is 0.200. The van der Waals surface area contributed by atoms with Crippen LogP contribution in [0.15, 0.2) is 78.9 Å². The number of rotatable bonds is 9. The normalized spacial score (nSPS) is 10.9. The number of ether oxygens (including phenoxy) is 2. The van der Waals surface area contributed by atoms with E-state index in [0.717, 1.165) is 18.4 Å². The lowest BCUT2D eigenvalue weighted by Gasteiger charge is -2.11. The molecule has 0 aromatic heterocycles. The van der Waals surface area contributed by atoms with Crippen molar-refractivity contribution < 1.29 is 22.6 Å². The second-order valence-corrected chi connectivity index (χ2v) is 8.25. The molecule has 0 bridgehead atoms. The maximum atomic E-state index is 15.0. The van der Waals surface area contributed by atoms with Crippen molar-refractivity contribution in [2.75, 3.05) is 6.61 Å². The largest absolute Gasteiger partial charge is 0.494 e.